The maximum absolute atomic E-state index is 10.9. The SMILES string of the molecule is NC(=O)c1ccc(CNCc2ccc(Cl)s2)cc1. The second kappa shape index (κ2) is 6.00. The molecule has 0 bridgehead atoms. The fourth-order valence-electron chi connectivity index (χ4n) is 1.56. The Kier molecular flexibility index (Phi) is 4.36. The number of nitrogens with two attached hydrogens (primary N) is 1. The van der Waals surface area contributed by atoms with Gasteiger partial charge in [0.05, 0.1) is 4.34 Å². The highest BCUT2D eigenvalue weighted by Gasteiger charge is 2.00. The first kappa shape index (κ1) is 13.1. The van der Waals surface area contributed by atoms with Crippen LogP contribution in [0.5, 0.6) is 0 Å². The molecule has 1 heterocycles. The zero-order valence-electron chi connectivity index (χ0n) is 9.65. The van der Waals surface area contributed by atoms with Crippen molar-refractivity contribution >= 4 is 28.8 Å². The Morgan fingerprint density at radius 1 is 1.17 bits per heavy atom. The molecule has 0 saturated carbocycles. The summed E-state index contributed by atoms with van der Waals surface area (Å²) in [4.78, 5) is 12.1. The number of rotatable bonds is 5. The number of hydrogen-bond donors (Lipinski definition) is 2. The lowest BCUT2D eigenvalue weighted by atomic mass is 10.1. The van der Waals surface area contributed by atoms with Crippen LogP contribution in [0.4, 0.5) is 0 Å². The Morgan fingerprint density at radius 2 is 1.89 bits per heavy atom. The van der Waals surface area contributed by atoms with Gasteiger partial charge in [-0.1, -0.05) is 23.7 Å². The van der Waals surface area contributed by atoms with Crippen LogP contribution in [0.3, 0.4) is 0 Å². The molecular weight excluding hydrogens is 268 g/mol. The van der Waals surface area contributed by atoms with Crippen LogP contribution in [0.15, 0.2) is 36.4 Å². The minimum atomic E-state index is -0.400. The van der Waals surface area contributed by atoms with Crippen molar-refractivity contribution in [2.24, 2.45) is 5.73 Å². The Hall–Kier alpha value is -1.36. The number of halogens is 1. The van der Waals surface area contributed by atoms with E-state index < -0.39 is 5.91 Å². The van der Waals surface area contributed by atoms with Gasteiger partial charge in [-0.05, 0) is 29.8 Å². The van der Waals surface area contributed by atoms with Crippen LogP contribution in [0, 0.1) is 0 Å². The minimum absolute atomic E-state index is 0.400. The van der Waals surface area contributed by atoms with E-state index in [4.69, 9.17) is 17.3 Å². The number of carbonyl (C=O) groups is 1. The fourth-order valence-corrected chi connectivity index (χ4v) is 2.62. The highest BCUT2D eigenvalue weighted by atomic mass is 35.5. The van der Waals surface area contributed by atoms with Gasteiger partial charge in [-0.3, -0.25) is 4.79 Å². The summed E-state index contributed by atoms with van der Waals surface area (Å²) in [6.07, 6.45) is 0. The van der Waals surface area contributed by atoms with Crippen LogP contribution in [0.25, 0.3) is 0 Å². The Balaban J connectivity index is 1.85. The van der Waals surface area contributed by atoms with Crippen molar-refractivity contribution in [3.05, 3.63) is 56.7 Å². The van der Waals surface area contributed by atoms with Crippen LogP contribution in [0.1, 0.15) is 20.8 Å². The second-order valence-electron chi connectivity index (χ2n) is 3.87. The van der Waals surface area contributed by atoms with Crippen molar-refractivity contribution in [2.45, 2.75) is 13.1 Å². The van der Waals surface area contributed by atoms with Crippen LogP contribution < -0.4 is 11.1 Å². The summed E-state index contributed by atoms with van der Waals surface area (Å²) in [5, 5.41) is 3.32. The molecular formula is C13H13ClN2OS. The largest absolute Gasteiger partial charge is 0.366 e. The van der Waals surface area contributed by atoms with Gasteiger partial charge in [0, 0.05) is 23.5 Å². The lowest BCUT2D eigenvalue weighted by Gasteiger charge is -2.04. The van der Waals surface area contributed by atoms with Crippen LogP contribution in [-0.2, 0) is 13.1 Å². The van der Waals surface area contributed by atoms with E-state index >= 15 is 0 Å². The van der Waals surface area contributed by atoms with Crippen LogP contribution >= 0.6 is 22.9 Å². The van der Waals surface area contributed by atoms with Gasteiger partial charge < -0.3 is 11.1 Å². The van der Waals surface area contributed by atoms with Gasteiger partial charge in [0.2, 0.25) is 5.91 Å². The van der Waals surface area contributed by atoms with Crippen LogP contribution in [-0.4, -0.2) is 5.91 Å². The standard InChI is InChI=1S/C13H13ClN2OS/c14-12-6-5-11(18-12)8-16-7-9-1-3-10(4-2-9)13(15)17/h1-6,16H,7-8H2,(H2,15,17). The van der Waals surface area contributed by atoms with Crippen molar-refractivity contribution in [3.8, 4) is 0 Å². The van der Waals surface area contributed by atoms with E-state index in [1.807, 2.05) is 24.3 Å². The fraction of sp³-hybridized carbons (Fsp3) is 0.154. The molecule has 2 aromatic rings. The minimum Gasteiger partial charge on any atom is -0.366 e. The van der Waals surface area contributed by atoms with Gasteiger partial charge in [0.15, 0.2) is 0 Å². The van der Waals surface area contributed by atoms with E-state index in [9.17, 15) is 4.79 Å². The van der Waals surface area contributed by atoms with E-state index in [-0.39, 0.29) is 0 Å². The van der Waals surface area contributed by atoms with Gasteiger partial charge in [0.1, 0.15) is 0 Å². The molecule has 0 saturated heterocycles. The normalized spacial score (nSPS) is 10.5. The first-order chi connectivity index (χ1) is 8.65. The van der Waals surface area contributed by atoms with Crippen molar-refractivity contribution in [1.29, 1.82) is 0 Å². The molecule has 1 aromatic carbocycles. The number of hydrogen-bond acceptors (Lipinski definition) is 3. The predicted molar refractivity (Wildman–Crippen MR) is 74.8 cm³/mol. The molecule has 0 aliphatic heterocycles. The Morgan fingerprint density at radius 3 is 2.44 bits per heavy atom. The van der Waals surface area contributed by atoms with Crippen molar-refractivity contribution in [1.82, 2.24) is 5.32 Å². The molecule has 1 amide bonds. The van der Waals surface area contributed by atoms with Crippen LogP contribution in [0.2, 0.25) is 4.34 Å². The highest BCUT2D eigenvalue weighted by molar-refractivity contribution is 7.16. The monoisotopic (exact) mass is 280 g/mol. The molecule has 0 spiro atoms. The van der Waals surface area contributed by atoms with E-state index in [1.165, 1.54) is 4.88 Å². The molecule has 0 aliphatic rings. The first-order valence-corrected chi connectivity index (χ1v) is 6.68. The summed E-state index contributed by atoms with van der Waals surface area (Å²) in [6.45, 7) is 1.53. The average molecular weight is 281 g/mol. The average Bonchev–Trinajstić information content (AvgIpc) is 2.76. The van der Waals surface area contributed by atoms with Gasteiger partial charge in [-0.2, -0.15) is 0 Å². The topological polar surface area (TPSA) is 55.1 Å². The number of thiophene rings is 1. The smallest absolute Gasteiger partial charge is 0.248 e. The maximum Gasteiger partial charge on any atom is 0.248 e. The molecule has 94 valence electrons. The first-order valence-electron chi connectivity index (χ1n) is 5.49. The van der Waals surface area contributed by atoms with E-state index in [0.29, 0.717) is 5.56 Å². The third kappa shape index (κ3) is 3.57. The lowest BCUT2D eigenvalue weighted by Crippen LogP contribution is -2.13. The Labute approximate surface area is 115 Å². The Bertz CT molecular complexity index is 536. The van der Waals surface area contributed by atoms with Gasteiger partial charge in [-0.15, -0.1) is 11.3 Å². The van der Waals surface area contributed by atoms with Gasteiger partial charge >= 0.3 is 0 Å². The summed E-state index contributed by atoms with van der Waals surface area (Å²) < 4.78 is 0.803. The van der Waals surface area contributed by atoms with E-state index in [2.05, 4.69) is 5.32 Å². The third-order valence-corrected chi connectivity index (χ3v) is 3.73. The molecule has 0 aliphatic carbocycles. The molecule has 0 fully saturated rings. The number of benzene rings is 1. The number of carbonyl (C=O) groups excluding carboxylic acids is 1. The highest BCUT2D eigenvalue weighted by Crippen LogP contribution is 2.21. The van der Waals surface area contributed by atoms with E-state index in [0.717, 1.165) is 23.0 Å². The van der Waals surface area contributed by atoms with Gasteiger partial charge in [0.25, 0.3) is 0 Å². The molecule has 1 aromatic heterocycles. The summed E-state index contributed by atoms with van der Waals surface area (Å²) in [5.74, 6) is -0.400. The second-order valence-corrected chi connectivity index (χ2v) is 5.67. The molecule has 2 rings (SSSR count). The predicted octanol–water partition coefficient (Wildman–Crippen LogP) is 2.79. The summed E-state index contributed by atoms with van der Waals surface area (Å²) >= 11 is 7.42. The lowest BCUT2D eigenvalue weighted by molar-refractivity contribution is 0.100. The molecule has 0 unspecified atom stereocenters. The van der Waals surface area contributed by atoms with E-state index in [1.54, 1.807) is 23.5 Å². The zero-order valence-corrected chi connectivity index (χ0v) is 11.2. The molecule has 0 atom stereocenters. The van der Waals surface area contributed by atoms with Gasteiger partial charge in [-0.25, -0.2) is 0 Å². The third-order valence-electron chi connectivity index (χ3n) is 2.50. The summed E-state index contributed by atoms with van der Waals surface area (Å²) in [6, 6.07) is 11.2. The quantitative estimate of drug-likeness (QED) is 0.885. The molecule has 18 heavy (non-hydrogen) atoms. The van der Waals surface area contributed by atoms with Crippen molar-refractivity contribution in [3.63, 3.8) is 0 Å². The molecule has 3 nitrogen and oxygen atoms in total. The maximum atomic E-state index is 10.9. The molecule has 5 heteroatoms. The zero-order chi connectivity index (χ0) is 13.0. The number of amides is 1. The number of primary amides is 1. The number of nitrogens with one attached hydrogen (secondary N) is 1. The van der Waals surface area contributed by atoms with Crippen molar-refractivity contribution in [2.75, 3.05) is 0 Å². The summed E-state index contributed by atoms with van der Waals surface area (Å²) in [7, 11) is 0. The molecule has 0 radical (unpaired) electrons. The van der Waals surface area contributed by atoms with Crippen molar-refractivity contribution < 1.29 is 4.79 Å². The molecule has 3 N–H and O–H groups in total. The summed E-state index contributed by atoms with van der Waals surface area (Å²) in [5.41, 5.74) is 6.82.